The van der Waals surface area contributed by atoms with Crippen LogP contribution in [0.2, 0.25) is 0 Å². The Labute approximate surface area is 141 Å². The molecule has 1 spiro atoms. The van der Waals surface area contributed by atoms with E-state index in [9.17, 15) is 4.79 Å². The minimum atomic E-state index is -0.0572. The van der Waals surface area contributed by atoms with E-state index in [1.54, 1.807) is 11.3 Å². The van der Waals surface area contributed by atoms with E-state index in [1.165, 1.54) is 0 Å². The van der Waals surface area contributed by atoms with Gasteiger partial charge in [-0.2, -0.15) is 11.3 Å². The van der Waals surface area contributed by atoms with Crippen LogP contribution in [-0.2, 0) is 16.0 Å². The van der Waals surface area contributed by atoms with Gasteiger partial charge in [-0.1, -0.05) is 0 Å². The summed E-state index contributed by atoms with van der Waals surface area (Å²) in [5.74, 6) is 0.237. The van der Waals surface area contributed by atoms with Gasteiger partial charge in [0.1, 0.15) is 5.60 Å². The molecule has 1 amide bonds. The maximum absolute atomic E-state index is 12.3. The summed E-state index contributed by atoms with van der Waals surface area (Å²) >= 11 is 1.65. The molecule has 3 aliphatic rings. The summed E-state index contributed by atoms with van der Waals surface area (Å²) in [6.45, 7) is 6.96. The molecule has 4 rings (SSSR count). The lowest BCUT2D eigenvalue weighted by Gasteiger charge is -2.47. The summed E-state index contributed by atoms with van der Waals surface area (Å²) in [5.41, 5.74) is 1.07. The van der Waals surface area contributed by atoms with Crippen molar-refractivity contribution in [3.05, 3.63) is 22.4 Å². The summed E-state index contributed by atoms with van der Waals surface area (Å²) in [6.07, 6.45) is 1.61. The quantitative estimate of drug-likeness (QED) is 0.823. The van der Waals surface area contributed by atoms with Crippen LogP contribution < -0.4 is 0 Å². The molecule has 0 aliphatic carbocycles. The number of hydrogen-bond acceptors (Lipinski definition) is 5. The van der Waals surface area contributed by atoms with Crippen LogP contribution in [0.15, 0.2) is 16.8 Å². The molecular weight excluding hydrogens is 310 g/mol. The van der Waals surface area contributed by atoms with Gasteiger partial charge in [-0.3, -0.25) is 9.69 Å². The van der Waals surface area contributed by atoms with Crippen molar-refractivity contribution in [1.29, 1.82) is 0 Å². The third kappa shape index (κ3) is 3.18. The zero-order valence-corrected chi connectivity index (χ0v) is 14.6. The van der Waals surface area contributed by atoms with Crippen LogP contribution in [0.25, 0.3) is 0 Å². The van der Waals surface area contributed by atoms with Crippen molar-refractivity contribution in [1.82, 2.24) is 14.7 Å². The third-order valence-electron chi connectivity index (χ3n) is 5.49. The molecule has 3 aliphatic heterocycles. The van der Waals surface area contributed by atoms with Gasteiger partial charge in [0.25, 0.3) is 0 Å². The zero-order chi connectivity index (χ0) is 15.9. The first kappa shape index (κ1) is 15.6. The van der Waals surface area contributed by atoms with Gasteiger partial charge >= 0.3 is 0 Å². The number of piperazine rings is 1. The summed E-state index contributed by atoms with van der Waals surface area (Å²) in [7, 11) is 2.19. The van der Waals surface area contributed by atoms with Crippen molar-refractivity contribution < 1.29 is 9.53 Å². The summed E-state index contributed by atoms with van der Waals surface area (Å²) in [4.78, 5) is 19.2. The Morgan fingerprint density at radius 1 is 1.35 bits per heavy atom. The summed E-state index contributed by atoms with van der Waals surface area (Å²) < 4.78 is 6.14. The predicted octanol–water partition coefficient (Wildman–Crippen LogP) is 0.908. The number of likely N-dealkylation sites (N-methyl/N-ethyl adjacent to an activating group) is 1. The van der Waals surface area contributed by atoms with Crippen LogP contribution in [0.1, 0.15) is 12.0 Å². The van der Waals surface area contributed by atoms with Gasteiger partial charge in [0.15, 0.2) is 0 Å². The molecule has 5 nitrogen and oxygen atoms in total. The molecule has 3 fully saturated rings. The van der Waals surface area contributed by atoms with Crippen LogP contribution in [-0.4, -0.2) is 85.2 Å². The van der Waals surface area contributed by atoms with Gasteiger partial charge in [-0.15, -0.1) is 0 Å². The first-order valence-corrected chi connectivity index (χ1v) is 9.43. The van der Waals surface area contributed by atoms with Crippen LogP contribution in [0, 0.1) is 0 Å². The van der Waals surface area contributed by atoms with E-state index in [0.717, 1.165) is 57.9 Å². The highest BCUT2D eigenvalue weighted by atomic mass is 32.1. The molecule has 0 N–H and O–H groups in total. The molecular formula is C17H25N3O2S. The zero-order valence-electron chi connectivity index (χ0n) is 13.7. The Morgan fingerprint density at radius 2 is 2.13 bits per heavy atom. The average molecular weight is 335 g/mol. The normalized spacial score (nSPS) is 28.2. The molecule has 6 heteroatoms. The molecule has 0 bridgehead atoms. The Morgan fingerprint density at radius 3 is 2.83 bits per heavy atom. The number of carbonyl (C=O) groups is 1. The Balaban J connectivity index is 1.27. The second-order valence-corrected chi connectivity index (χ2v) is 8.03. The van der Waals surface area contributed by atoms with Gasteiger partial charge in [0.2, 0.25) is 5.91 Å². The number of rotatable bonds is 3. The van der Waals surface area contributed by atoms with Crippen molar-refractivity contribution in [3.63, 3.8) is 0 Å². The van der Waals surface area contributed by atoms with Gasteiger partial charge in [0.05, 0.1) is 26.1 Å². The Bertz CT molecular complexity index is 548. The van der Waals surface area contributed by atoms with Crippen molar-refractivity contribution in [2.45, 2.75) is 24.5 Å². The lowest BCUT2D eigenvalue weighted by molar-refractivity contribution is -0.157. The fraction of sp³-hybridized carbons (Fsp3) is 0.706. The average Bonchev–Trinajstić information content (AvgIpc) is 3.15. The molecule has 3 saturated heterocycles. The van der Waals surface area contributed by atoms with Crippen molar-refractivity contribution in [3.8, 4) is 0 Å². The maximum atomic E-state index is 12.3. The lowest BCUT2D eigenvalue weighted by atomic mass is 9.88. The number of hydrogen-bond donors (Lipinski definition) is 0. The molecule has 23 heavy (non-hydrogen) atoms. The minimum Gasteiger partial charge on any atom is -0.370 e. The van der Waals surface area contributed by atoms with Gasteiger partial charge in [-0.25, -0.2) is 0 Å². The van der Waals surface area contributed by atoms with Crippen LogP contribution in [0.4, 0.5) is 0 Å². The van der Waals surface area contributed by atoms with Crippen LogP contribution in [0.5, 0.6) is 0 Å². The number of carbonyl (C=O) groups excluding carboxylic acids is 1. The van der Waals surface area contributed by atoms with Crippen LogP contribution >= 0.6 is 11.3 Å². The first-order chi connectivity index (χ1) is 11.1. The SMILES string of the molecule is CN1CCN(C2COC3(C2)CN(C(=O)Cc2ccsc2)C3)CC1. The standard InChI is InChI=1S/C17H25N3O2S/c1-18-3-5-19(6-4-18)15-9-17(22-10-15)12-20(13-17)16(21)8-14-2-7-23-11-14/h2,7,11,15H,3-6,8-10,12-13H2,1H3. The highest BCUT2D eigenvalue weighted by Crippen LogP contribution is 2.37. The summed E-state index contributed by atoms with van der Waals surface area (Å²) in [5, 5.41) is 4.09. The van der Waals surface area contributed by atoms with Crippen molar-refractivity contribution >= 4 is 17.2 Å². The van der Waals surface area contributed by atoms with Crippen LogP contribution in [0.3, 0.4) is 0 Å². The smallest absolute Gasteiger partial charge is 0.227 e. The van der Waals surface area contributed by atoms with E-state index in [2.05, 4.69) is 22.2 Å². The highest BCUT2D eigenvalue weighted by Gasteiger charge is 2.52. The molecule has 0 radical (unpaired) electrons. The summed E-state index contributed by atoms with van der Waals surface area (Å²) in [6, 6.07) is 2.57. The Hall–Kier alpha value is -0.950. The van der Waals surface area contributed by atoms with Gasteiger partial charge in [-0.05, 0) is 35.9 Å². The number of amides is 1. The molecule has 0 aromatic carbocycles. The van der Waals surface area contributed by atoms with E-state index in [1.807, 2.05) is 16.3 Å². The Kier molecular flexibility index (Phi) is 4.17. The number of thiophene rings is 1. The molecule has 1 aromatic rings. The largest absolute Gasteiger partial charge is 0.370 e. The third-order valence-corrected chi connectivity index (χ3v) is 6.22. The fourth-order valence-corrected chi connectivity index (χ4v) is 4.64. The molecule has 1 atom stereocenters. The van der Waals surface area contributed by atoms with E-state index < -0.39 is 0 Å². The fourth-order valence-electron chi connectivity index (χ4n) is 3.97. The molecule has 4 heterocycles. The van der Waals surface area contributed by atoms with E-state index in [0.29, 0.717) is 12.5 Å². The topological polar surface area (TPSA) is 36.0 Å². The minimum absolute atomic E-state index is 0.0572. The second kappa shape index (κ2) is 6.16. The molecule has 1 aromatic heterocycles. The van der Waals surface area contributed by atoms with Gasteiger partial charge in [0, 0.05) is 32.2 Å². The number of nitrogens with zero attached hydrogens (tertiary/aromatic N) is 3. The van der Waals surface area contributed by atoms with Gasteiger partial charge < -0.3 is 14.5 Å². The molecule has 0 saturated carbocycles. The maximum Gasteiger partial charge on any atom is 0.227 e. The molecule has 126 valence electrons. The molecule has 1 unspecified atom stereocenters. The van der Waals surface area contributed by atoms with E-state index in [-0.39, 0.29) is 11.5 Å². The number of likely N-dealkylation sites (tertiary alicyclic amines) is 1. The first-order valence-electron chi connectivity index (χ1n) is 8.49. The predicted molar refractivity (Wildman–Crippen MR) is 90.8 cm³/mol. The van der Waals surface area contributed by atoms with E-state index >= 15 is 0 Å². The number of ether oxygens (including phenoxy) is 1. The van der Waals surface area contributed by atoms with E-state index in [4.69, 9.17) is 4.74 Å². The van der Waals surface area contributed by atoms with Crippen molar-refractivity contribution in [2.75, 3.05) is 52.9 Å². The lowest BCUT2D eigenvalue weighted by Crippen LogP contribution is -2.64. The van der Waals surface area contributed by atoms with Crippen molar-refractivity contribution in [2.24, 2.45) is 0 Å². The highest BCUT2D eigenvalue weighted by molar-refractivity contribution is 7.07. The monoisotopic (exact) mass is 335 g/mol. The second-order valence-electron chi connectivity index (χ2n) is 7.25.